The van der Waals surface area contributed by atoms with Gasteiger partial charge in [0.15, 0.2) is 0 Å². The van der Waals surface area contributed by atoms with E-state index in [0.29, 0.717) is 25.9 Å². The summed E-state index contributed by atoms with van der Waals surface area (Å²) in [4.78, 5) is 27.4. The number of nitrogens with two attached hydrogens (primary N) is 1. The fraction of sp³-hybridized carbons (Fsp3) is 0.583. The maximum absolute atomic E-state index is 13.1. The average molecular weight is 415 g/mol. The van der Waals surface area contributed by atoms with E-state index in [0.717, 1.165) is 5.56 Å². The van der Waals surface area contributed by atoms with E-state index in [1.165, 1.54) is 0 Å². The number of likely N-dealkylation sites (tertiary alicyclic amines) is 1. The number of nitrogens with zero attached hydrogens (tertiary/aromatic N) is 1. The van der Waals surface area contributed by atoms with Crippen LogP contribution in [0.15, 0.2) is 42.5 Å². The highest BCUT2D eigenvalue weighted by atomic mass is 16.6. The second-order valence-electron chi connectivity index (χ2n) is 9.53. The van der Waals surface area contributed by atoms with Gasteiger partial charge in [-0.2, -0.15) is 0 Å². The number of rotatable bonds is 5. The van der Waals surface area contributed by atoms with Gasteiger partial charge in [0.25, 0.3) is 0 Å². The maximum Gasteiger partial charge on any atom is 0.410 e. The van der Waals surface area contributed by atoms with Crippen LogP contribution in [0.1, 0.15) is 46.1 Å². The van der Waals surface area contributed by atoms with Crippen molar-refractivity contribution in [3.05, 3.63) is 48.0 Å². The fourth-order valence-electron chi connectivity index (χ4n) is 4.77. The Morgan fingerprint density at radius 1 is 1.23 bits per heavy atom. The Bertz CT molecular complexity index is 786. The highest BCUT2D eigenvalue weighted by Gasteiger charge is 2.59. The zero-order chi connectivity index (χ0) is 21.9. The lowest BCUT2D eigenvalue weighted by atomic mass is 9.81. The molecular formula is C24H34N2O4. The van der Waals surface area contributed by atoms with Crippen LogP contribution in [0.3, 0.4) is 0 Å². The quantitative estimate of drug-likeness (QED) is 0.584. The van der Waals surface area contributed by atoms with E-state index < -0.39 is 11.1 Å². The Labute approximate surface area is 179 Å². The Balaban J connectivity index is 1.71. The van der Waals surface area contributed by atoms with Crippen LogP contribution in [0.5, 0.6) is 0 Å². The number of hydrogen-bond acceptors (Lipinski definition) is 5. The predicted octanol–water partition coefficient (Wildman–Crippen LogP) is 3.90. The van der Waals surface area contributed by atoms with Gasteiger partial charge in [0.1, 0.15) is 17.7 Å². The van der Waals surface area contributed by atoms with Crippen LogP contribution in [0, 0.1) is 17.8 Å². The van der Waals surface area contributed by atoms with Crippen LogP contribution in [-0.2, 0) is 20.9 Å². The number of ether oxygens (including phenoxy) is 2. The van der Waals surface area contributed by atoms with Gasteiger partial charge in [-0.15, -0.1) is 0 Å². The van der Waals surface area contributed by atoms with Gasteiger partial charge >= 0.3 is 12.1 Å². The van der Waals surface area contributed by atoms with Gasteiger partial charge in [-0.05, 0) is 63.9 Å². The van der Waals surface area contributed by atoms with Gasteiger partial charge in [-0.1, -0.05) is 42.5 Å². The largest absolute Gasteiger partial charge is 0.459 e. The second-order valence-corrected chi connectivity index (χ2v) is 9.53. The molecule has 1 amide bonds. The normalized spacial score (nSPS) is 28.6. The average Bonchev–Trinajstić information content (AvgIpc) is 3.20. The first-order valence-corrected chi connectivity index (χ1v) is 10.7. The molecule has 2 fully saturated rings. The molecule has 6 heteroatoms. The van der Waals surface area contributed by atoms with Crippen LogP contribution in [0.2, 0.25) is 0 Å². The molecule has 4 atom stereocenters. The summed E-state index contributed by atoms with van der Waals surface area (Å²) in [6.45, 7) is 8.90. The lowest BCUT2D eigenvalue weighted by Gasteiger charge is -2.32. The van der Waals surface area contributed by atoms with Crippen molar-refractivity contribution in [1.82, 2.24) is 4.90 Å². The molecule has 30 heavy (non-hydrogen) atoms. The minimum absolute atomic E-state index is 0.0746. The smallest absolute Gasteiger partial charge is 0.410 e. The first-order chi connectivity index (χ1) is 14.1. The van der Waals surface area contributed by atoms with Crippen molar-refractivity contribution in [3.8, 4) is 0 Å². The first-order valence-electron chi connectivity index (χ1n) is 10.7. The van der Waals surface area contributed by atoms with Crippen LogP contribution in [-0.4, -0.2) is 41.2 Å². The van der Waals surface area contributed by atoms with E-state index in [1.54, 1.807) is 4.90 Å². The van der Waals surface area contributed by atoms with Crippen molar-refractivity contribution in [2.45, 2.75) is 58.3 Å². The molecule has 1 unspecified atom stereocenters. The van der Waals surface area contributed by atoms with Crippen molar-refractivity contribution in [2.24, 2.45) is 23.5 Å². The van der Waals surface area contributed by atoms with E-state index in [9.17, 15) is 9.59 Å². The lowest BCUT2D eigenvalue weighted by Crippen LogP contribution is -2.54. The number of esters is 1. The molecule has 1 saturated carbocycles. The molecule has 1 aromatic rings. The standard InChI is InChI=1S/C24H34N2O4/c1-5-6-12-20-19-15-26(22(28)30-23(2,3)4)14-18(19)13-24(20,25)21(27)29-16-17-10-8-7-9-11-17/h5-11,18-20H,12-16,25H2,1-4H3/b6-5+/t18-,19+,20-,24?/m0/s1. The van der Waals surface area contributed by atoms with Gasteiger partial charge in [0.2, 0.25) is 0 Å². The zero-order valence-corrected chi connectivity index (χ0v) is 18.5. The van der Waals surface area contributed by atoms with Crippen LogP contribution in [0.4, 0.5) is 4.79 Å². The summed E-state index contributed by atoms with van der Waals surface area (Å²) in [6.07, 6.45) is 4.94. The second kappa shape index (κ2) is 8.80. The van der Waals surface area contributed by atoms with Crippen molar-refractivity contribution >= 4 is 12.1 Å². The zero-order valence-electron chi connectivity index (χ0n) is 18.5. The molecule has 2 aliphatic rings. The third-order valence-corrected chi connectivity index (χ3v) is 6.14. The summed E-state index contributed by atoms with van der Waals surface area (Å²) in [5, 5.41) is 0. The summed E-state index contributed by atoms with van der Waals surface area (Å²) < 4.78 is 11.2. The van der Waals surface area contributed by atoms with Gasteiger partial charge < -0.3 is 20.1 Å². The minimum Gasteiger partial charge on any atom is -0.459 e. The van der Waals surface area contributed by atoms with Gasteiger partial charge in [-0.25, -0.2) is 4.79 Å². The Morgan fingerprint density at radius 2 is 1.93 bits per heavy atom. The molecule has 1 aliphatic carbocycles. The van der Waals surface area contributed by atoms with Crippen molar-refractivity contribution in [3.63, 3.8) is 0 Å². The molecule has 2 N–H and O–H groups in total. The molecule has 0 radical (unpaired) electrons. The molecular weight excluding hydrogens is 380 g/mol. The van der Waals surface area contributed by atoms with Crippen LogP contribution >= 0.6 is 0 Å². The number of allylic oxidation sites excluding steroid dienone is 2. The summed E-state index contributed by atoms with van der Waals surface area (Å²) in [6, 6.07) is 9.62. The van der Waals surface area contributed by atoms with Gasteiger partial charge in [0, 0.05) is 13.1 Å². The van der Waals surface area contributed by atoms with E-state index in [-0.39, 0.29) is 36.4 Å². The van der Waals surface area contributed by atoms with E-state index in [1.807, 2.05) is 64.1 Å². The van der Waals surface area contributed by atoms with Gasteiger partial charge in [0.05, 0.1) is 0 Å². The van der Waals surface area contributed by atoms with Crippen LogP contribution in [0.25, 0.3) is 0 Å². The number of carbonyl (C=O) groups excluding carboxylic acids is 2. The molecule has 0 spiro atoms. The third kappa shape index (κ3) is 4.86. The van der Waals surface area contributed by atoms with E-state index >= 15 is 0 Å². The third-order valence-electron chi connectivity index (χ3n) is 6.14. The highest BCUT2D eigenvalue weighted by Crippen LogP contribution is 2.49. The molecule has 1 heterocycles. The number of hydrogen-bond donors (Lipinski definition) is 1. The summed E-state index contributed by atoms with van der Waals surface area (Å²) in [5.74, 6) is -0.0986. The molecule has 0 bridgehead atoms. The SMILES string of the molecule is C/C=C/C[C@H]1[C@@H]2CN(C(=O)OC(C)(C)C)C[C@@H]2CC1(N)C(=O)OCc1ccccc1. The number of carbonyl (C=O) groups is 2. The fourth-order valence-corrected chi connectivity index (χ4v) is 4.77. The molecule has 3 rings (SSSR count). The molecule has 1 aromatic carbocycles. The summed E-state index contributed by atoms with van der Waals surface area (Å²) >= 11 is 0. The summed E-state index contributed by atoms with van der Waals surface area (Å²) in [7, 11) is 0. The topological polar surface area (TPSA) is 81.9 Å². The molecule has 0 aromatic heterocycles. The van der Waals surface area contributed by atoms with Gasteiger partial charge in [-0.3, -0.25) is 4.79 Å². The predicted molar refractivity (Wildman–Crippen MR) is 115 cm³/mol. The number of benzene rings is 1. The Morgan fingerprint density at radius 3 is 2.57 bits per heavy atom. The molecule has 164 valence electrons. The van der Waals surface area contributed by atoms with Crippen LogP contribution < -0.4 is 5.73 Å². The minimum atomic E-state index is -1.04. The molecule has 1 saturated heterocycles. The van der Waals surface area contributed by atoms with Crippen molar-refractivity contribution in [2.75, 3.05) is 13.1 Å². The number of amides is 1. The van der Waals surface area contributed by atoms with Crippen molar-refractivity contribution in [1.29, 1.82) is 0 Å². The summed E-state index contributed by atoms with van der Waals surface area (Å²) in [5.41, 5.74) is 6.09. The molecule has 1 aliphatic heterocycles. The van der Waals surface area contributed by atoms with Crippen molar-refractivity contribution < 1.29 is 19.1 Å². The lowest BCUT2D eigenvalue weighted by molar-refractivity contribution is -0.153. The maximum atomic E-state index is 13.1. The Kier molecular flexibility index (Phi) is 6.56. The van der Waals surface area contributed by atoms with E-state index in [2.05, 4.69) is 6.08 Å². The first kappa shape index (κ1) is 22.3. The number of fused-ring (bicyclic) bond motifs is 1. The molecule has 6 nitrogen and oxygen atoms in total. The van der Waals surface area contributed by atoms with E-state index in [4.69, 9.17) is 15.2 Å². The Hall–Kier alpha value is -2.34. The highest BCUT2D eigenvalue weighted by molar-refractivity contribution is 5.82. The monoisotopic (exact) mass is 414 g/mol.